The van der Waals surface area contributed by atoms with Crippen molar-refractivity contribution >= 4 is 15.9 Å². The molecule has 0 aromatic heterocycles. The molecule has 13 heavy (non-hydrogen) atoms. The number of nitrogens with two attached hydrogens (primary N) is 1. The first-order chi connectivity index (χ1) is 6.24. The van der Waals surface area contributed by atoms with Crippen LogP contribution < -0.4 is 5.73 Å². The van der Waals surface area contributed by atoms with Gasteiger partial charge in [0.2, 0.25) is 0 Å². The second-order valence-corrected chi connectivity index (χ2v) is 4.93. The Labute approximate surface area is 87.5 Å². The maximum absolute atomic E-state index is 5.74. The van der Waals surface area contributed by atoms with E-state index >= 15 is 0 Å². The SMILES string of the molecule is NCC1(Cc2cccc(Br)c2)CC1. The maximum Gasteiger partial charge on any atom is 0.0177 e. The fourth-order valence-corrected chi connectivity index (χ4v) is 2.16. The topological polar surface area (TPSA) is 26.0 Å². The van der Waals surface area contributed by atoms with Gasteiger partial charge in [-0.05, 0) is 48.9 Å². The van der Waals surface area contributed by atoms with Crippen molar-refractivity contribution < 1.29 is 0 Å². The summed E-state index contributed by atoms with van der Waals surface area (Å²) in [5.74, 6) is 0. The van der Waals surface area contributed by atoms with Gasteiger partial charge in [-0.25, -0.2) is 0 Å². The number of halogens is 1. The Hall–Kier alpha value is -0.340. The Morgan fingerprint density at radius 3 is 2.69 bits per heavy atom. The van der Waals surface area contributed by atoms with E-state index in [1.165, 1.54) is 18.4 Å². The predicted molar refractivity (Wildman–Crippen MR) is 58.6 cm³/mol. The lowest BCUT2D eigenvalue weighted by Gasteiger charge is -2.11. The Morgan fingerprint density at radius 1 is 1.38 bits per heavy atom. The van der Waals surface area contributed by atoms with Crippen LogP contribution in [0.3, 0.4) is 0 Å². The molecule has 1 fully saturated rings. The summed E-state index contributed by atoms with van der Waals surface area (Å²) in [6.07, 6.45) is 3.75. The lowest BCUT2D eigenvalue weighted by molar-refractivity contribution is 0.521. The lowest BCUT2D eigenvalue weighted by Crippen LogP contribution is -2.17. The molecule has 70 valence electrons. The number of hydrogen-bond acceptors (Lipinski definition) is 1. The first-order valence-electron chi connectivity index (χ1n) is 4.69. The molecular formula is C11H14BrN. The molecule has 0 radical (unpaired) electrons. The summed E-state index contributed by atoms with van der Waals surface area (Å²) in [6.45, 7) is 0.833. The van der Waals surface area contributed by atoms with Crippen molar-refractivity contribution in [1.82, 2.24) is 0 Å². The van der Waals surface area contributed by atoms with Crippen LogP contribution in [-0.2, 0) is 6.42 Å². The van der Waals surface area contributed by atoms with E-state index in [0.717, 1.165) is 17.4 Å². The van der Waals surface area contributed by atoms with Gasteiger partial charge in [-0.3, -0.25) is 0 Å². The van der Waals surface area contributed by atoms with E-state index in [2.05, 4.69) is 40.2 Å². The van der Waals surface area contributed by atoms with Crippen LogP contribution >= 0.6 is 15.9 Å². The van der Waals surface area contributed by atoms with Crippen LogP contribution in [0, 0.1) is 5.41 Å². The summed E-state index contributed by atoms with van der Waals surface area (Å²) in [7, 11) is 0. The van der Waals surface area contributed by atoms with Crippen LogP contribution in [0.25, 0.3) is 0 Å². The molecule has 1 aliphatic carbocycles. The molecule has 1 saturated carbocycles. The highest BCUT2D eigenvalue weighted by atomic mass is 79.9. The molecule has 1 aromatic carbocycles. The molecule has 2 rings (SSSR count). The molecule has 2 heteroatoms. The van der Waals surface area contributed by atoms with E-state index < -0.39 is 0 Å². The first kappa shape index (κ1) is 9.22. The largest absolute Gasteiger partial charge is 0.330 e. The predicted octanol–water partition coefficient (Wildman–Crippen LogP) is 2.73. The van der Waals surface area contributed by atoms with E-state index in [1.54, 1.807) is 0 Å². The van der Waals surface area contributed by atoms with Crippen LogP contribution in [0.5, 0.6) is 0 Å². The van der Waals surface area contributed by atoms with Crippen LogP contribution in [-0.4, -0.2) is 6.54 Å². The monoisotopic (exact) mass is 239 g/mol. The van der Waals surface area contributed by atoms with Gasteiger partial charge in [0.15, 0.2) is 0 Å². The van der Waals surface area contributed by atoms with Crippen LogP contribution in [0.4, 0.5) is 0 Å². The van der Waals surface area contributed by atoms with Gasteiger partial charge < -0.3 is 5.73 Å². The van der Waals surface area contributed by atoms with Crippen LogP contribution in [0.1, 0.15) is 18.4 Å². The van der Waals surface area contributed by atoms with Gasteiger partial charge in [-0.15, -0.1) is 0 Å². The molecule has 0 unspecified atom stereocenters. The molecule has 0 amide bonds. The molecule has 0 spiro atoms. The number of benzene rings is 1. The van der Waals surface area contributed by atoms with Crippen molar-refractivity contribution in [2.75, 3.05) is 6.54 Å². The Kier molecular flexibility index (Phi) is 2.43. The highest BCUT2D eigenvalue weighted by Crippen LogP contribution is 2.47. The number of hydrogen-bond donors (Lipinski definition) is 1. The summed E-state index contributed by atoms with van der Waals surface area (Å²) < 4.78 is 1.16. The summed E-state index contributed by atoms with van der Waals surface area (Å²) in [6, 6.07) is 8.52. The van der Waals surface area contributed by atoms with Crippen molar-refractivity contribution in [1.29, 1.82) is 0 Å². The summed E-state index contributed by atoms with van der Waals surface area (Å²) >= 11 is 3.48. The van der Waals surface area contributed by atoms with Gasteiger partial charge in [-0.1, -0.05) is 28.1 Å². The van der Waals surface area contributed by atoms with E-state index in [0.29, 0.717) is 5.41 Å². The molecule has 1 aliphatic rings. The fraction of sp³-hybridized carbons (Fsp3) is 0.455. The summed E-state index contributed by atoms with van der Waals surface area (Å²) in [4.78, 5) is 0. The van der Waals surface area contributed by atoms with Gasteiger partial charge in [0, 0.05) is 4.47 Å². The Bertz CT molecular complexity index is 305. The third-order valence-electron chi connectivity index (χ3n) is 2.86. The minimum absolute atomic E-state index is 0.445. The van der Waals surface area contributed by atoms with E-state index in [1.807, 2.05) is 0 Å². The normalized spacial score (nSPS) is 18.6. The smallest absolute Gasteiger partial charge is 0.0177 e. The summed E-state index contributed by atoms with van der Waals surface area (Å²) in [5.41, 5.74) is 7.59. The van der Waals surface area contributed by atoms with Gasteiger partial charge in [0.05, 0.1) is 0 Å². The number of rotatable bonds is 3. The third kappa shape index (κ3) is 2.12. The highest BCUT2D eigenvalue weighted by molar-refractivity contribution is 9.10. The van der Waals surface area contributed by atoms with Crippen molar-refractivity contribution in [3.63, 3.8) is 0 Å². The van der Waals surface area contributed by atoms with Crippen molar-refractivity contribution in [2.45, 2.75) is 19.3 Å². The molecule has 0 aliphatic heterocycles. The molecule has 0 bridgehead atoms. The van der Waals surface area contributed by atoms with Gasteiger partial charge in [0.1, 0.15) is 0 Å². The minimum Gasteiger partial charge on any atom is -0.330 e. The molecular weight excluding hydrogens is 226 g/mol. The fourth-order valence-electron chi connectivity index (χ4n) is 1.71. The van der Waals surface area contributed by atoms with E-state index in [9.17, 15) is 0 Å². The highest BCUT2D eigenvalue weighted by Gasteiger charge is 2.40. The second kappa shape index (κ2) is 3.43. The average Bonchev–Trinajstić information content (AvgIpc) is 2.86. The van der Waals surface area contributed by atoms with Crippen molar-refractivity contribution in [3.8, 4) is 0 Å². The average molecular weight is 240 g/mol. The first-order valence-corrected chi connectivity index (χ1v) is 5.48. The van der Waals surface area contributed by atoms with Crippen molar-refractivity contribution in [2.24, 2.45) is 11.1 Å². The van der Waals surface area contributed by atoms with Crippen molar-refractivity contribution in [3.05, 3.63) is 34.3 Å². The van der Waals surface area contributed by atoms with E-state index in [-0.39, 0.29) is 0 Å². The Morgan fingerprint density at radius 2 is 2.15 bits per heavy atom. The third-order valence-corrected chi connectivity index (χ3v) is 3.35. The zero-order chi connectivity index (χ0) is 9.31. The van der Waals surface area contributed by atoms with Gasteiger partial charge >= 0.3 is 0 Å². The molecule has 0 heterocycles. The van der Waals surface area contributed by atoms with Crippen LogP contribution in [0.2, 0.25) is 0 Å². The molecule has 0 saturated heterocycles. The lowest BCUT2D eigenvalue weighted by atomic mass is 9.97. The zero-order valence-electron chi connectivity index (χ0n) is 7.59. The minimum atomic E-state index is 0.445. The molecule has 1 nitrogen and oxygen atoms in total. The van der Waals surface area contributed by atoms with Gasteiger partial charge in [-0.2, -0.15) is 0 Å². The summed E-state index contributed by atoms with van der Waals surface area (Å²) in [5, 5.41) is 0. The Balaban J connectivity index is 2.09. The second-order valence-electron chi connectivity index (χ2n) is 4.01. The van der Waals surface area contributed by atoms with Crippen LogP contribution in [0.15, 0.2) is 28.7 Å². The zero-order valence-corrected chi connectivity index (χ0v) is 9.18. The maximum atomic E-state index is 5.74. The quantitative estimate of drug-likeness (QED) is 0.863. The molecule has 1 aromatic rings. The standard InChI is InChI=1S/C11H14BrN/c12-10-3-1-2-9(6-10)7-11(8-13)4-5-11/h1-3,6H,4-5,7-8,13H2. The van der Waals surface area contributed by atoms with Gasteiger partial charge in [0.25, 0.3) is 0 Å². The van der Waals surface area contributed by atoms with E-state index in [4.69, 9.17) is 5.73 Å². The molecule has 2 N–H and O–H groups in total. The molecule has 0 atom stereocenters.